The molecule has 33 heavy (non-hydrogen) atoms. The molecule has 4 aromatic rings. The molecule has 1 N–H and O–H groups in total. The first kappa shape index (κ1) is 21.2. The fourth-order valence-electron chi connectivity index (χ4n) is 4.40. The van der Waals surface area contributed by atoms with Crippen LogP contribution in [0.1, 0.15) is 48.0 Å². The quantitative estimate of drug-likeness (QED) is 0.286. The standard InChI is InChI=1S/C27H26FN3O2/c1-18-15-16-31-24(17-18)30-25(26(31)29-20-7-3-2-4-8-20)19-11-13-21(14-12-19)33-27(32)22-9-5-6-10-23(22)28/h5-6,9-17,20,29H,2-4,7-8H2,1H3. The Morgan fingerprint density at radius 2 is 1.82 bits per heavy atom. The van der Waals surface area contributed by atoms with E-state index < -0.39 is 11.8 Å². The smallest absolute Gasteiger partial charge is 0.346 e. The first-order valence-electron chi connectivity index (χ1n) is 11.4. The number of rotatable bonds is 5. The van der Waals surface area contributed by atoms with Crippen LogP contribution in [0, 0.1) is 12.7 Å². The van der Waals surface area contributed by atoms with E-state index in [1.807, 2.05) is 12.1 Å². The number of benzene rings is 2. The summed E-state index contributed by atoms with van der Waals surface area (Å²) in [6.07, 6.45) is 8.14. The summed E-state index contributed by atoms with van der Waals surface area (Å²) in [7, 11) is 0. The molecule has 0 radical (unpaired) electrons. The lowest BCUT2D eigenvalue weighted by molar-refractivity contribution is 0.0730. The molecule has 0 spiro atoms. The number of imidazole rings is 1. The second-order valence-corrected chi connectivity index (χ2v) is 8.61. The summed E-state index contributed by atoms with van der Waals surface area (Å²) in [5, 5.41) is 3.74. The van der Waals surface area contributed by atoms with Crippen LogP contribution in [0.25, 0.3) is 16.9 Å². The van der Waals surface area contributed by atoms with E-state index in [-0.39, 0.29) is 5.56 Å². The molecule has 0 unspecified atom stereocenters. The molecule has 0 bridgehead atoms. The van der Waals surface area contributed by atoms with E-state index in [1.54, 1.807) is 18.2 Å². The molecule has 2 aromatic carbocycles. The maximum absolute atomic E-state index is 13.9. The average molecular weight is 444 g/mol. The highest BCUT2D eigenvalue weighted by Gasteiger charge is 2.20. The van der Waals surface area contributed by atoms with Crippen molar-refractivity contribution in [3.63, 3.8) is 0 Å². The van der Waals surface area contributed by atoms with Gasteiger partial charge in [-0.1, -0.05) is 31.4 Å². The van der Waals surface area contributed by atoms with Gasteiger partial charge in [-0.3, -0.25) is 4.40 Å². The van der Waals surface area contributed by atoms with Gasteiger partial charge in [0.1, 0.15) is 28.7 Å². The Hall–Kier alpha value is -3.67. The number of carbonyl (C=O) groups excluding carboxylic acids is 1. The summed E-state index contributed by atoms with van der Waals surface area (Å²) in [5.74, 6) is 0.0163. The normalized spacial score (nSPS) is 14.4. The van der Waals surface area contributed by atoms with Gasteiger partial charge in [-0.2, -0.15) is 0 Å². The van der Waals surface area contributed by atoms with Gasteiger partial charge in [-0.15, -0.1) is 0 Å². The predicted molar refractivity (Wildman–Crippen MR) is 127 cm³/mol. The molecular weight excluding hydrogens is 417 g/mol. The second-order valence-electron chi connectivity index (χ2n) is 8.61. The second kappa shape index (κ2) is 9.06. The number of hydrogen-bond donors (Lipinski definition) is 1. The van der Waals surface area contributed by atoms with Gasteiger partial charge in [0.15, 0.2) is 0 Å². The highest BCUT2D eigenvalue weighted by molar-refractivity contribution is 5.91. The van der Waals surface area contributed by atoms with Gasteiger partial charge < -0.3 is 10.1 Å². The van der Waals surface area contributed by atoms with E-state index in [1.165, 1.54) is 37.5 Å². The van der Waals surface area contributed by atoms with Crippen molar-refractivity contribution >= 4 is 17.4 Å². The lowest BCUT2D eigenvalue weighted by Crippen LogP contribution is -2.23. The third kappa shape index (κ3) is 4.46. The monoisotopic (exact) mass is 443 g/mol. The first-order valence-corrected chi connectivity index (χ1v) is 11.4. The summed E-state index contributed by atoms with van der Waals surface area (Å²) in [5.41, 5.74) is 3.73. The highest BCUT2D eigenvalue weighted by Crippen LogP contribution is 2.32. The van der Waals surface area contributed by atoms with E-state index >= 15 is 0 Å². The van der Waals surface area contributed by atoms with Crippen molar-refractivity contribution in [3.05, 3.63) is 83.8 Å². The van der Waals surface area contributed by atoms with Crippen LogP contribution in [0.15, 0.2) is 66.9 Å². The summed E-state index contributed by atoms with van der Waals surface area (Å²) < 4.78 is 21.4. The Bertz CT molecular complexity index is 1290. The molecule has 0 aliphatic heterocycles. The van der Waals surface area contributed by atoms with Gasteiger partial charge in [-0.25, -0.2) is 14.2 Å². The minimum atomic E-state index is -0.719. The number of nitrogens with one attached hydrogen (secondary N) is 1. The maximum Gasteiger partial charge on any atom is 0.346 e. The molecule has 0 saturated heterocycles. The number of carbonyl (C=O) groups is 1. The van der Waals surface area contributed by atoms with Crippen molar-refractivity contribution in [1.29, 1.82) is 0 Å². The van der Waals surface area contributed by atoms with Crippen molar-refractivity contribution in [3.8, 4) is 17.0 Å². The van der Waals surface area contributed by atoms with Gasteiger partial charge in [0.2, 0.25) is 0 Å². The first-order chi connectivity index (χ1) is 16.1. The Balaban J connectivity index is 1.44. The van der Waals surface area contributed by atoms with Crippen molar-refractivity contribution in [2.24, 2.45) is 0 Å². The predicted octanol–water partition coefficient (Wildman–Crippen LogP) is 6.41. The van der Waals surface area contributed by atoms with E-state index in [2.05, 4.69) is 35.0 Å². The van der Waals surface area contributed by atoms with Crippen molar-refractivity contribution < 1.29 is 13.9 Å². The molecule has 1 fully saturated rings. The summed E-state index contributed by atoms with van der Waals surface area (Å²) in [6.45, 7) is 2.06. The SMILES string of the molecule is Cc1ccn2c(NC3CCCCC3)c(-c3ccc(OC(=O)c4ccccc4F)cc3)nc2c1. The van der Waals surface area contributed by atoms with Gasteiger partial charge in [-0.05, 0) is 73.9 Å². The average Bonchev–Trinajstić information content (AvgIpc) is 3.17. The summed E-state index contributed by atoms with van der Waals surface area (Å²) in [6, 6.07) is 17.6. The molecular formula is C27H26FN3O2. The van der Waals surface area contributed by atoms with Crippen LogP contribution in [0.5, 0.6) is 5.75 Å². The summed E-state index contributed by atoms with van der Waals surface area (Å²) >= 11 is 0. The molecule has 0 amide bonds. The van der Waals surface area contributed by atoms with Crippen LogP contribution in [-0.2, 0) is 0 Å². The van der Waals surface area contributed by atoms with E-state index in [4.69, 9.17) is 9.72 Å². The zero-order valence-electron chi connectivity index (χ0n) is 18.6. The number of esters is 1. The zero-order valence-corrected chi connectivity index (χ0v) is 18.6. The number of ether oxygens (including phenoxy) is 1. The van der Waals surface area contributed by atoms with Gasteiger partial charge in [0.05, 0.1) is 5.56 Å². The van der Waals surface area contributed by atoms with Crippen LogP contribution in [0.4, 0.5) is 10.2 Å². The van der Waals surface area contributed by atoms with Crippen LogP contribution in [0.2, 0.25) is 0 Å². The van der Waals surface area contributed by atoms with E-state index in [0.29, 0.717) is 11.8 Å². The van der Waals surface area contributed by atoms with Crippen LogP contribution >= 0.6 is 0 Å². The van der Waals surface area contributed by atoms with Crippen LogP contribution in [-0.4, -0.2) is 21.4 Å². The minimum absolute atomic E-state index is 0.0868. The van der Waals surface area contributed by atoms with E-state index in [9.17, 15) is 9.18 Å². The number of fused-ring (bicyclic) bond motifs is 1. The third-order valence-corrected chi connectivity index (χ3v) is 6.16. The Morgan fingerprint density at radius 1 is 1.06 bits per heavy atom. The van der Waals surface area contributed by atoms with Gasteiger partial charge >= 0.3 is 5.97 Å². The lowest BCUT2D eigenvalue weighted by atomic mass is 9.95. The van der Waals surface area contributed by atoms with Gasteiger partial charge in [0.25, 0.3) is 0 Å². The molecule has 168 valence electrons. The fourth-order valence-corrected chi connectivity index (χ4v) is 4.40. The molecule has 0 atom stereocenters. The number of anilines is 1. The molecule has 5 rings (SSSR count). The number of aryl methyl sites for hydroxylation is 1. The molecule has 5 nitrogen and oxygen atoms in total. The fraction of sp³-hybridized carbons (Fsp3) is 0.259. The number of hydrogen-bond acceptors (Lipinski definition) is 4. The number of pyridine rings is 1. The highest BCUT2D eigenvalue weighted by atomic mass is 19.1. The van der Waals surface area contributed by atoms with Crippen LogP contribution in [0.3, 0.4) is 0 Å². The molecule has 1 aliphatic rings. The Labute approximate surface area is 192 Å². The zero-order chi connectivity index (χ0) is 22.8. The molecule has 6 heteroatoms. The number of aromatic nitrogens is 2. The maximum atomic E-state index is 13.9. The minimum Gasteiger partial charge on any atom is -0.423 e. The third-order valence-electron chi connectivity index (χ3n) is 6.16. The number of nitrogens with zero attached hydrogens (tertiary/aromatic N) is 2. The lowest BCUT2D eigenvalue weighted by Gasteiger charge is -2.24. The van der Waals surface area contributed by atoms with Crippen LogP contribution < -0.4 is 10.1 Å². The van der Waals surface area contributed by atoms with Crippen molar-refractivity contribution in [2.75, 3.05) is 5.32 Å². The van der Waals surface area contributed by atoms with E-state index in [0.717, 1.165) is 41.1 Å². The molecule has 2 aromatic heterocycles. The van der Waals surface area contributed by atoms with Gasteiger partial charge in [0, 0.05) is 17.8 Å². The largest absolute Gasteiger partial charge is 0.423 e. The molecule has 2 heterocycles. The number of halogens is 1. The van der Waals surface area contributed by atoms with Crippen molar-refractivity contribution in [1.82, 2.24) is 9.38 Å². The molecule has 1 saturated carbocycles. The molecule has 1 aliphatic carbocycles. The Morgan fingerprint density at radius 3 is 2.58 bits per heavy atom. The topological polar surface area (TPSA) is 55.6 Å². The Kier molecular flexibility index (Phi) is 5.82. The van der Waals surface area contributed by atoms with Crippen molar-refractivity contribution in [2.45, 2.75) is 45.1 Å². The summed E-state index contributed by atoms with van der Waals surface area (Å²) in [4.78, 5) is 17.2.